The molecule has 1 heterocycles. The van der Waals surface area contributed by atoms with Crippen LogP contribution in [0.2, 0.25) is 0 Å². The van der Waals surface area contributed by atoms with Crippen molar-refractivity contribution >= 4 is 34.2 Å². The summed E-state index contributed by atoms with van der Waals surface area (Å²) in [6, 6.07) is 14.2. The monoisotopic (exact) mass is 343 g/mol. The fourth-order valence-electron chi connectivity index (χ4n) is 1.52. The molecule has 0 fully saturated rings. The van der Waals surface area contributed by atoms with Crippen LogP contribution in [0.4, 0.5) is 0 Å². The predicted octanol–water partition coefficient (Wildman–Crippen LogP) is 4.21. The molecule has 2 rings (SSSR count). The number of alkyl halides is 1. The van der Waals surface area contributed by atoms with Crippen molar-refractivity contribution < 1.29 is 0 Å². The van der Waals surface area contributed by atoms with Crippen LogP contribution in [-0.2, 0) is 6.42 Å². The third kappa shape index (κ3) is 3.19. The first kappa shape index (κ1) is 11.9. The molecular formula is C13H11ClIN. The van der Waals surface area contributed by atoms with Gasteiger partial charge in [0.1, 0.15) is 0 Å². The van der Waals surface area contributed by atoms with Gasteiger partial charge >= 0.3 is 0 Å². The molecule has 0 aliphatic rings. The molecule has 0 aliphatic heterocycles. The van der Waals surface area contributed by atoms with Gasteiger partial charge in [0, 0.05) is 21.9 Å². The summed E-state index contributed by atoms with van der Waals surface area (Å²) in [5.41, 5.74) is 2.18. The molecule has 82 valence electrons. The Kier molecular flexibility index (Phi) is 4.18. The predicted molar refractivity (Wildman–Crippen MR) is 75.7 cm³/mol. The summed E-state index contributed by atoms with van der Waals surface area (Å²) in [5.74, 6) is 0. The second-order valence-electron chi connectivity index (χ2n) is 3.55. The van der Waals surface area contributed by atoms with Gasteiger partial charge in [0.25, 0.3) is 0 Å². The molecule has 3 heteroatoms. The van der Waals surface area contributed by atoms with Gasteiger partial charge in [0.2, 0.25) is 0 Å². The smallest absolute Gasteiger partial charge is 0.0641 e. The molecule has 2 aromatic rings. The molecule has 0 bridgehead atoms. The number of benzene rings is 1. The van der Waals surface area contributed by atoms with Gasteiger partial charge in [-0.1, -0.05) is 18.2 Å². The van der Waals surface area contributed by atoms with Crippen molar-refractivity contribution in [3.8, 4) is 0 Å². The van der Waals surface area contributed by atoms with Gasteiger partial charge in [-0.3, -0.25) is 4.98 Å². The molecule has 0 aliphatic carbocycles. The van der Waals surface area contributed by atoms with Crippen molar-refractivity contribution in [1.29, 1.82) is 0 Å². The standard InChI is InChI=1S/C13H11ClIN/c14-13(9-12-6-1-2-7-16-12)10-4-3-5-11(15)8-10/h1-8,13H,9H2. The Hall–Kier alpha value is -0.610. The average molecular weight is 344 g/mol. The van der Waals surface area contributed by atoms with E-state index in [0.29, 0.717) is 0 Å². The van der Waals surface area contributed by atoms with E-state index in [1.54, 1.807) is 6.20 Å². The Morgan fingerprint density at radius 1 is 1.19 bits per heavy atom. The second-order valence-corrected chi connectivity index (χ2v) is 5.32. The van der Waals surface area contributed by atoms with Crippen LogP contribution in [0.1, 0.15) is 16.6 Å². The molecular weight excluding hydrogens is 333 g/mol. The van der Waals surface area contributed by atoms with E-state index < -0.39 is 0 Å². The molecule has 1 aromatic heterocycles. The number of rotatable bonds is 3. The van der Waals surface area contributed by atoms with Crippen LogP contribution >= 0.6 is 34.2 Å². The highest BCUT2D eigenvalue weighted by molar-refractivity contribution is 14.1. The van der Waals surface area contributed by atoms with E-state index in [2.05, 4.69) is 45.8 Å². The van der Waals surface area contributed by atoms with Crippen LogP contribution in [-0.4, -0.2) is 4.98 Å². The zero-order valence-electron chi connectivity index (χ0n) is 8.61. The lowest BCUT2D eigenvalue weighted by atomic mass is 10.1. The molecule has 16 heavy (non-hydrogen) atoms. The molecule has 1 unspecified atom stereocenters. The quantitative estimate of drug-likeness (QED) is 0.601. The lowest BCUT2D eigenvalue weighted by Gasteiger charge is -2.09. The zero-order chi connectivity index (χ0) is 11.4. The van der Waals surface area contributed by atoms with Gasteiger partial charge in [-0.2, -0.15) is 0 Å². The van der Waals surface area contributed by atoms with E-state index in [0.717, 1.165) is 17.7 Å². The van der Waals surface area contributed by atoms with Gasteiger partial charge < -0.3 is 0 Å². The van der Waals surface area contributed by atoms with Crippen LogP contribution in [0.5, 0.6) is 0 Å². The van der Waals surface area contributed by atoms with Gasteiger partial charge in [-0.25, -0.2) is 0 Å². The van der Waals surface area contributed by atoms with Crippen LogP contribution in [0.15, 0.2) is 48.7 Å². The minimum atomic E-state index is -0.00961. The molecule has 1 aromatic carbocycles. The van der Waals surface area contributed by atoms with E-state index in [9.17, 15) is 0 Å². The fourth-order valence-corrected chi connectivity index (χ4v) is 2.38. The van der Waals surface area contributed by atoms with Crippen molar-refractivity contribution in [2.45, 2.75) is 11.8 Å². The fraction of sp³-hybridized carbons (Fsp3) is 0.154. The van der Waals surface area contributed by atoms with Crippen LogP contribution < -0.4 is 0 Å². The maximum atomic E-state index is 6.37. The number of aromatic nitrogens is 1. The van der Waals surface area contributed by atoms with E-state index in [4.69, 9.17) is 11.6 Å². The van der Waals surface area contributed by atoms with E-state index >= 15 is 0 Å². The normalized spacial score (nSPS) is 12.4. The number of hydrogen-bond acceptors (Lipinski definition) is 1. The molecule has 1 nitrogen and oxygen atoms in total. The lowest BCUT2D eigenvalue weighted by molar-refractivity contribution is 0.880. The third-order valence-electron chi connectivity index (χ3n) is 2.32. The Morgan fingerprint density at radius 2 is 2.06 bits per heavy atom. The minimum absolute atomic E-state index is 0.00961. The second kappa shape index (κ2) is 5.64. The lowest BCUT2D eigenvalue weighted by Crippen LogP contribution is -1.98. The number of hydrogen-bond donors (Lipinski definition) is 0. The van der Waals surface area contributed by atoms with Crippen molar-refractivity contribution in [3.63, 3.8) is 0 Å². The Bertz CT molecular complexity index is 458. The van der Waals surface area contributed by atoms with Crippen LogP contribution in [0.3, 0.4) is 0 Å². The van der Waals surface area contributed by atoms with Gasteiger partial charge in [-0.05, 0) is 52.4 Å². The summed E-state index contributed by atoms with van der Waals surface area (Å²) in [6.07, 6.45) is 2.57. The van der Waals surface area contributed by atoms with Crippen LogP contribution in [0, 0.1) is 3.57 Å². The highest BCUT2D eigenvalue weighted by Crippen LogP contribution is 2.25. The van der Waals surface area contributed by atoms with Gasteiger partial charge in [0.05, 0.1) is 5.38 Å². The molecule has 0 saturated carbocycles. The van der Waals surface area contributed by atoms with Crippen LogP contribution in [0.25, 0.3) is 0 Å². The van der Waals surface area contributed by atoms with E-state index in [1.807, 2.05) is 24.3 Å². The Labute approximate surface area is 114 Å². The van der Waals surface area contributed by atoms with Crippen molar-refractivity contribution in [1.82, 2.24) is 4.98 Å². The summed E-state index contributed by atoms with van der Waals surface area (Å²) >= 11 is 8.66. The average Bonchev–Trinajstić information content (AvgIpc) is 2.30. The minimum Gasteiger partial charge on any atom is -0.261 e. The summed E-state index contributed by atoms with van der Waals surface area (Å²) in [4.78, 5) is 4.28. The summed E-state index contributed by atoms with van der Waals surface area (Å²) in [7, 11) is 0. The SMILES string of the molecule is ClC(Cc1ccccn1)c1cccc(I)c1. The zero-order valence-corrected chi connectivity index (χ0v) is 11.5. The topological polar surface area (TPSA) is 12.9 Å². The molecule has 0 spiro atoms. The third-order valence-corrected chi connectivity index (χ3v) is 3.40. The molecule has 0 N–H and O–H groups in total. The first-order chi connectivity index (χ1) is 7.75. The van der Waals surface area contributed by atoms with Crippen molar-refractivity contribution in [2.75, 3.05) is 0 Å². The molecule has 0 amide bonds. The number of halogens is 2. The number of pyridine rings is 1. The first-order valence-corrected chi connectivity index (χ1v) is 6.56. The summed E-state index contributed by atoms with van der Waals surface area (Å²) in [6.45, 7) is 0. The van der Waals surface area contributed by atoms with Gasteiger partial charge in [0.15, 0.2) is 0 Å². The molecule has 0 saturated heterocycles. The maximum Gasteiger partial charge on any atom is 0.0641 e. The summed E-state index contributed by atoms with van der Waals surface area (Å²) < 4.78 is 1.21. The molecule has 0 radical (unpaired) electrons. The van der Waals surface area contributed by atoms with Crippen molar-refractivity contribution in [2.24, 2.45) is 0 Å². The van der Waals surface area contributed by atoms with Crippen molar-refractivity contribution in [3.05, 3.63) is 63.5 Å². The first-order valence-electron chi connectivity index (χ1n) is 5.05. The van der Waals surface area contributed by atoms with E-state index in [-0.39, 0.29) is 5.38 Å². The maximum absolute atomic E-state index is 6.37. The highest BCUT2D eigenvalue weighted by atomic mass is 127. The molecule has 1 atom stereocenters. The van der Waals surface area contributed by atoms with Gasteiger partial charge in [-0.15, -0.1) is 11.6 Å². The van der Waals surface area contributed by atoms with E-state index in [1.165, 1.54) is 3.57 Å². The Balaban J connectivity index is 2.12. The Morgan fingerprint density at radius 3 is 2.75 bits per heavy atom. The largest absolute Gasteiger partial charge is 0.261 e. The highest BCUT2D eigenvalue weighted by Gasteiger charge is 2.09. The summed E-state index contributed by atoms with van der Waals surface area (Å²) in [5, 5.41) is -0.00961. The number of nitrogens with zero attached hydrogens (tertiary/aromatic N) is 1.